The maximum Gasteiger partial charge on any atom is 0.249 e. The van der Waals surface area contributed by atoms with Crippen molar-refractivity contribution >= 4 is 10.0 Å². The van der Waals surface area contributed by atoms with Gasteiger partial charge >= 0.3 is 0 Å². The van der Waals surface area contributed by atoms with Crippen LogP contribution in [0, 0.1) is 29.1 Å². The number of ether oxygens (including phenoxy) is 2. The summed E-state index contributed by atoms with van der Waals surface area (Å²) in [7, 11) is -2.64. The molecule has 0 unspecified atom stereocenters. The summed E-state index contributed by atoms with van der Waals surface area (Å²) in [5.41, 5.74) is 0.195. The van der Waals surface area contributed by atoms with Crippen molar-refractivity contribution < 1.29 is 45.0 Å². The van der Waals surface area contributed by atoms with Gasteiger partial charge in [-0.3, -0.25) is 0 Å². The van der Waals surface area contributed by atoms with Gasteiger partial charge < -0.3 is 14.6 Å². The van der Waals surface area contributed by atoms with Crippen molar-refractivity contribution in [3.63, 3.8) is 0 Å². The summed E-state index contributed by atoms with van der Waals surface area (Å²) in [6.07, 6.45) is 0.669. The molecule has 0 atom stereocenters. The lowest BCUT2D eigenvalue weighted by molar-refractivity contribution is 0.335. The van der Waals surface area contributed by atoms with Crippen molar-refractivity contribution in [2.24, 2.45) is 0 Å². The van der Waals surface area contributed by atoms with Crippen LogP contribution >= 0.6 is 0 Å². The Morgan fingerprint density at radius 3 is 1.77 bits per heavy atom. The number of methoxy groups -OCH3 is 2. The lowest BCUT2D eigenvalue weighted by atomic mass is 10.2. The molecule has 0 bridgehead atoms. The molecule has 1 aliphatic rings. The third-order valence-corrected chi connectivity index (χ3v) is 6.49. The number of nitrogens with zero attached hydrogens (tertiary/aromatic N) is 1. The summed E-state index contributed by atoms with van der Waals surface area (Å²) < 4.78 is 105. The van der Waals surface area contributed by atoms with E-state index in [0.717, 1.165) is 0 Å². The Kier molecular flexibility index (Phi) is 5.83. The van der Waals surface area contributed by atoms with E-state index in [1.807, 2.05) is 0 Å². The van der Waals surface area contributed by atoms with Gasteiger partial charge in [0.05, 0.1) is 14.2 Å². The second-order valence-corrected chi connectivity index (χ2v) is 8.36. The number of hydrogen-bond donors (Lipinski definition) is 1. The molecule has 164 valence electrons. The normalized spacial score (nSPS) is 14.3. The number of sulfonamides is 1. The van der Waals surface area contributed by atoms with E-state index in [1.165, 1.54) is 26.4 Å². The monoisotopic (exact) mass is 453 g/mol. The van der Waals surface area contributed by atoms with Gasteiger partial charge in [-0.15, -0.1) is 0 Å². The molecule has 0 amide bonds. The Balaban J connectivity index is 2.11. The van der Waals surface area contributed by atoms with Gasteiger partial charge in [0.2, 0.25) is 21.6 Å². The predicted molar refractivity (Wildman–Crippen MR) is 93.2 cm³/mol. The van der Waals surface area contributed by atoms with Crippen molar-refractivity contribution in [3.8, 4) is 17.2 Å². The molecule has 1 fully saturated rings. The highest BCUT2D eigenvalue weighted by atomic mass is 32.2. The average molecular weight is 453 g/mol. The SMILES string of the molecule is COc1cc(CN(C2CC2)S(=O)(=O)c2c(F)c(F)c(F)c(F)c2F)cc(OC)c1O. The van der Waals surface area contributed by atoms with E-state index < -0.39 is 56.6 Å². The van der Waals surface area contributed by atoms with Gasteiger partial charge in [-0.05, 0) is 30.5 Å². The summed E-state index contributed by atoms with van der Waals surface area (Å²) in [6.45, 7) is -0.487. The Hall–Kier alpha value is -2.60. The van der Waals surface area contributed by atoms with Gasteiger partial charge in [-0.1, -0.05) is 0 Å². The van der Waals surface area contributed by atoms with Crippen LogP contribution in [-0.4, -0.2) is 38.1 Å². The first-order valence-corrected chi connectivity index (χ1v) is 9.95. The number of phenols is 1. The minimum absolute atomic E-state index is 0.0614. The molecular weight excluding hydrogens is 437 g/mol. The number of phenolic OH excluding ortho intramolecular Hbond substituents is 1. The van der Waals surface area contributed by atoms with Crippen LogP contribution in [0.3, 0.4) is 0 Å². The van der Waals surface area contributed by atoms with Crippen molar-refractivity contribution in [1.82, 2.24) is 4.31 Å². The topological polar surface area (TPSA) is 76.1 Å². The van der Waals surface area contributed by atoms with E-state index in [2.05, 4.69) is 0 Å². The molecule has 0 saturated heterocycles. The molecule has 3 rings (SSSR count). The van der Waals surface area contributed by atoms with Gasteiger partial charge in [0.1, 0.15) is 0 Å². The van der Waals surface area contributed by atoms with Crippen LogP contribution in [0.15, 0.2) is 17.0 Å². The van der Waals surface area contributed by atoms with Gasteiger partial charge in [0.15, 0.2) is 39.7 Å². The molecule has 2 aromatic carbocycles. The van der Waals surface area contributed by atoms with Gasteiger partial charge in [-0.2, -0.15) is 4.31 Å². The van der Waals surface area contributed by atoms with Crippen LogP contribution in [0.2, 0.25) is 0 Å². The van der Waals surface area contributed by atoms with Crippen molar-refractivity contribution in [3.05, 3.63) is 46.8 Å². The lowest BCUT2D eigenvalue weighted by Crippen LogP contribution is -2.34. The molecule has 6 nitrogen and oxygen atoms in total. The average Bonchev–Trinajstić information content (AvgIpc) is 3.54. The predicted octanol–water partition coefficient (Wildman–Crippen LogP) is 3.46. The summed E-state index contributed by atoms with van der Waals surface area (Å²) in [5, 5.41) is 9.97. The molecule has 2 aromatic rings. The van der Waals surface area contributed by atoms with Crippen LogP contribution in [0.5, 0.6) is 17.2 Å². The van der Waals surface area contributed by atoms with Crippen molar-refractivity contribution in [2.45, 2.75) is 30.3 Å². The van der Waals surface area contributed by atoms with E-state index in [-0.39, 0.29) is 22.8 Å². The Bertz CT molecular complexity index is 1050. The second-order valence-electron chi connectivity index (χ2n) is 6.53. The maximum absolute atomic E-state index is 14.2. The summed E-state index contributed by atoms with van der Waals surface area (Å²) in [5.74, 6) is -12.5. The summed E-state index contributed by atoms with van der Waals surface area (Å²) in [4.78, 5) is -1.91. The highest BCUT2D eigenvalue weighted by molar-refractivity contribution is 7.89. The van der Waals surface area contributed by atoms with Gasteiger partial charge in [0, 0.05) is 12.6 Å². The first-order chi connectivity index (χ1) is 14.0. The fourth-order valence-electron chi connectivity index (χ4n) is 2.92. The lowest BCUT2D eigenvalue weighted by Gasteiger charge is -2.23. The molecule has 1 N–H and O–H groups in total. The zero-order chi connectivity index (χ0) is 22.4. The van der Waals surface area contributed by atoms with Crippen LogP contribution in [0.25, 0.3) is 0 Å². The van der Waals surface area contributed by atoms with E-state index >= 15 is 0 Å². The van der Waals surface area contributed by atoms with E-state index in [4.69, 9.17) is 9.47 Å². The van der Waals surface area contributed by atoms with Gasteiger partial charge in [0.25, 0.3) is 0 Å². The molecule has 0 aliphatic heterocycles. The third-order valence-electron chi connectivity index (χ3n) is 4.57. The Morgan fingerprint density at radius 2 is 1.37 bits per heavy atom. The molecule has 0 spiro atoms. The minimum atomic E-state index is -5.12. The zero-order valence-electron chi connectivity index (χ0n) is 15.7. The molecule has 0 aromatic heterocycles. The third kappa shape index (κ3) is 3.65. The maximum atomic E-state index is 14.2. The largest absolute Gasteiger partial charge is 0.502 e. The summed E-state index contributed by atoms with van der Waals surface area (Å²) >= 11 is 0. The van der Waals surface area contributed by atoms with Crippen LogP contribution in [0.4, 0.5) is 22.0 Å². The number of hydrogen-bond acceptors (Lipinski definition) is 5. The minimum Gasteiger partial charge on any atom is -0.502 e. The highest BCUT2D eigenvalue weighted by Crippen LogP contribution is 2.40. The molecule has 12 heteroatoms. The highest BCUT2D eigenvalue weighted by Gasteiger charge is 2.43. The summed E-state index contributed by atoms with van der Waals surface area (Å²) in [6, 6.07) is 1.83. The van der Waals surface area contributed by atoms with E-state index in [1.54, 1.807) is 0 Å². The van der Waals surface area contributed by atoms with Crippen LogP contribution in [-0.2, 0) is 16.6 Å². The van der Waals surface area contributed by atoms with Crippen LogP contribution in [0.1, 0.15) is 18.4 Å². The Labute approximate surface area is 168 Å². The van der Waals surface area contributed by atoms with E-state index in [9.17, 15) is 35.5 Å². The Morgan fingerprint density at radius 1 is 0.933 bits per heavy atom. The fraction of sp³-hybridized carbons (Fsp3) is 0.333. The van der Waals surface area contributed by atoms with Crippen molar-refractivity contribution in [1.29, 1.82) is 0 Å². The molecule has 30 heavy (non-hydrogen) atoms. The van der Waals surface area contributed by atoms with E-state index in [0.29, 0.717) is 17.1 Å². The number of aromatic hydroxyl groups is 1. The van der Waals surface area contributed by atoms with Crippen LogP contribution < -0.4 is 9.47 Å². The van der Waals surface area contributed by atoms with Gasteiger partial charge in [-0.25, -0.2) is 30.4 Å². The molecule has 1 saturated carbocycles. The second kappa shape index (κ2) is 7.91. The molecule has 1 aliphatic carbocycles. The molecular formula is C18H16F5NO5S. The standard InChI is InChI=1S/C18H16F5NO5S/c1-28-10-5-8(6-11(29-2)17(10)25)7-24(9-3-4-9)30(26,27)18-15(22)13(20)12(19)14(21)16(18)23/h5-6,9,25H,3-4,7H2,1-2H3. The number of benzene rings is 2. The fourth-order valence-corrected chi connectivity index (χ4v) is 4.71. The zero-order valence-corrected chi connectivity index (χ0v) is 16.5. The quantitative estimate of drug-likeness (QED) is 0.395. The smallest absolute Gasteiger partial charge is 0.249 e. The molecule has 0 radical (unpaired) electrons. The molecule has 0 heterocycles. The number of rotatable bonds is 7. The number of halogens is 5. The first kappa shape index (κ1) is 22.1. The first-order valence-electron chi connectivity index (χ1n) is 8.51. The van der Waals surface area contributed by atoms with Crippen molar-refractivity contribution in [2.75, 3.05) is 14.2 Å².